The van der Waals surface area contributed by atoms with E-state index in [0.717, 1.165) is 17.1 Å². The molecule has 0 unspecified atom stereocenters. The number of benzene rings is 10. The molecule has 0 fully saturated rings. The molecule has 11 rings (SSSR count). The van der Waals surface area contributed by atoms with Crippen molar-refractivity contribution in [3.63, 3.8) is 0 Å². The number of thiophene rings is 1. The van der Waals surface area contributed by atoms with Crippen molar-refractivity contribution in [2.24, 2.45) is 0 Å². The van der Waals surface area contributed by atoms with Crippen LogP contribution < -0.4 is 4.90 Å². The lowest BCUT2D eigenvalue weighted by atomic mass is 9.94. The Bertz CT molecular complexity index is 3210. The fourth-order valence-electron chi connectivity index (χ4n) is 8.46. The van der Waals surface area contributed by atoms with Crippen molar-refractivity contribution in [1.82, 2.24) is 0 Å². The lowest BCUT2D eigenvalue weighted by Gasteiger charge is -2.26. The highest BCUT2D eigenvalue weighted by Crippen LogP contribution is 2.43. The van der Waals surface area contributed by atoms with Crippen LogP contribution in [0.3, 0.4) is 0 Å². The Balaban J connectivity index is 1.05. The first-order valence-corrected chi connectivity index (χ1v) is 19.3. The predicted molar refractivity (Wildman–Crippen MR) is 235 cm³/mol. The summed E-state index contributed by atoms with van der Waals surface area (Å²) in [4.78, 5) is 2.39. The van der Waals surface area contributed by atoms with Crippen molar-refractivity contribution in [3.8, 4) is 22.3 Å². The lowest BCUT2D eigenvalue weighted by Crippen LogP contribution is -2.10. The van der Waals surface area contributed by atoms with Crippen LogP contribution in [0, 0.1) is 0 Å². The van der Waals surface area contributed by atoms with Gasteiger partial charge in [0.25, 0.3) is 0 Å². The fraction of sp³-hybridized carbons (Fsp3) is 0. The summed E-state index contributed by atoms with van der Waals surface area (Å²) in [5.74, 6) is 0. The Morgan fingerprint density at radius 2 is 0.796 bits per heavy atom. The average molecular weight is 704 g/mol. The van der Waals surface area contributed by atoms with Crippen LogP contribution in [0.2, 0.25) is 0 Å². The highest BCUT2D eigenvalue weighted by Gasteiger charge is 2.17. The van der Waals surface area contributed by atoms with E-state index in [-0.39, 0.29) is 0 Å². The number of hydrogen-bond donors (Lipinski definition) is 0. The molecular weight excluding hydrogens is 671 g/mol. The van der Waals surface area contributed by atoms with Gasteiger partial charge in [0.15, 0.2) is 0 Å². The summed E-state index contributed by atoms with van der Waals surface area (Å²) in [6.07, 6.45) is 0. The average Bonchev–Trinajstić information content (AvgIpc) is 3.63. The molecule has 0 N–H and O–H groups in total. The van der Waals surface area contributed by atoms with Gasteiger partial charge < -0.3 is 4.90 Å². The van der Waals surface area contributed by atoms with Gasteiger partial charge in [-0.1, -0.05) is 152 Å². The number of anilines is 3. The topological polar surface area (TPSA) is 3.24 Å². The second kappa shape index (κ2) is 12.4. The van der Waals surface area contributed by atoms with E-state index in [1.165, 1.54) is 85.5 Å². The zero-order valence-corrected chi connectivity index (χ0v) is 30.2. The molecule has 1 aromatic heterocycles. The predicted octanol–water partition coefficient (Wildman–Crippen LogP) is 15.5. The molecule has 0 atom stereocenters. The van der Waals surface area contributed by atoms with Crippen LogP contribution in [0.1, 0.15) is 0 Å². The highest BCUT2D eigenvalue weighted by molar-refractivity contribution is 7.25. The summed E-state index contributed by atoms with van der Waals surface area (Å²) in [5, 5.41) is 12.8. The van der Waals surface area contributed by atoms with E-state index < -0.39 is 0 Å². The van der Waals surface area contributed by atoms with E-state index in [0.29, 0.717) is 0 Å². The summed E-state index contributed by atoms with van der Waals surface area (Å²) in [6, 6.07) is 73.5. The molecule has 0 aliphatic heterocycles. The third kappa shape index (κ3) is 4.99. The monoisotopic (exact) mass is 703 g/mol. The molecule has 0 aliphatic rings. The molecule has 54 heavy (non-hydrogen) atoms. The zero-order chi connectivity index (χ0) is 35.6. The second-order valence-electron chi connectivity index (χ2n) is 14.1. The van der Waals surface area contributed by atoms with Crippen molar-refractivity contribution >= 4 is 91.7 Å². The highest BCUT2D eigenvalue weighted by atomic mass is 32.1. The van der Waals surface area contributed by atoms with E-state index in [1.54, 1.807) is 0 Å². The molecule has 0 saturated heterocycles. The Morgan fingerprint density at radius 1 is 0.296 bits per heavy atom. The van der Waals surface area contributed by atoms with Crippen LogP contribution in [0.4, 0.5) is 17.1 Å². The largest absolute Gasteiger partial charge is 0.310 e. The van der Waals surface area contributed by atoms with E-state index in [2.05, 4.69) is 205 Å². The van der Waals surface area contributed by atoms with E-state index in [1.807, 2.05) is 11.3 Å². The molecule has 10 aromatic carbocycles. The van der Waals surface area contributed by atoms with Gasteiger partial charge in [-0.05, 0) is 114 Å². The van der Waals surface area contributed by atoms with Crippen molar-refractivity contribution in [2.75, 3.05) is 4.90 Å². The maximum atomic E-state index is 2.39. The molecule has 0 amide bonds. The van der Waals surface area contributed by atoms with Gasteiger partial charge >= 0.3 is 0 Å². The standard InChI is InChI=1S/C52H33NS/c1-3-11-42-35(10-1)26-32-47-43(14-7-16-46(42)47)36-21-27-39(28-22-36)53(41-31-25-38-20-19-34-9-2-4-12-44(34)49(38)33-41)40-29-23-37(24-30-40)45-15-8-18-51-52(45)48-13-5-6-17-50(48)54-51/h1-33H. The van der Waals surface area contributed by atoms with Gasteiger partial charge in [0, 0.05) is 37.2 Å². The zero-order valence-electron chi connectivity index (χ0n) is 29.4. The Hall–Kier alpha value is -6.74. The molecule has 11 aromatic rings. The van der Waals surface area contributed by atoms with Crippen molar-refractivity contribution in [1.29, 1.82) is 0 Å². The van der Waals surface area contributed by atoms with Gasteiger partial charge in [-0.3, -0.25) is 0 Å². The Kier molecular flexibility index (Phi) is 7.11. The molecule has 0 bridgehead atoms. The molecule has 0 saturated carbocycles. The number of nitrogens with zero attached hydrogens (tertiary/aromatic N) is 1. The van der Waals surface area contributed by atoms with Gasteiger partial charge in [0.1, 0.15) is 0 Å². The van der Waals surface area contributed by atoms with E-state index >= 15 is 0 Å². The van der Waals surface area contributed by atoms with Gasteiger partial charge in [-0.15, -0.1) is 11.3 Å². The maximum absolute atomic E-state index is 2.39. The summed E-state index contributed by atoms with van der Waals surface area (Å²) >= 11 is 1.87. The molecule has 1 nitrogen and oxygen atoms in total. The van der Waals surface area contributed by atoms with Gasteiger partial charge in [-0.2, -0.15) is 0 Å². The number of rotatable bonds is 5. The summed E-state index contributed by atoms with van der Waals surface area (Å²) in [7, 11) is 0. The first-order valence-electron chi connectivity index (χ1n) is 18.5. The molecule has 0 radical (unpaired) electrons. The second-order valence-corrected chi connectivity index (χ2v) is 15.2. The van der Waals surface area contributed by atoms with Crippen LogP contribution >= 0.6 is 11.3 Å². The molecule has 1 heterocycles. The van der Waals surface area contributed by atoms with Crippen LogP contribution in [0.5, 0.6) is 0 Å². The molecule has 0 spiro atoms. The third-order valence-corrected chi connectivity index (χ3v) is 12.2. The van der Waals surface area contributed by atoms with Gasteiger partial charge in [0.2, 0.25) is 0 Å². The van der Waals surface area contributed by atoms with Crippen molar-refractivity contribution in [3.05, 3.63) is 200 Å². The third-order valence-electron chi connectivity index (χ3n) is 11.1. The molecular formula is C52H33NS. The van der Waals surface area contributed by atoms with Crippen LogP contribution in [0.25, 0.3) is 85.5 Å². The minimum Gasteiger partial charge on any atom is -0.310 e. The maximum Gasteiger partial charge on any atom is 0.0468 e. The first kappa shape index (κ1) is 30.8. The Labute approximate surface area is 317 Å². The summed E-state index contributed by atoms with van der Waals surface area (Å²) in [6.45, 7) is 0. The van der Waals surface area contributed by atoms with Gasteiger partial charge in [-0.25, -0.2) is 0 Å². The first-order chi connectivity index (χ1) is 26.8. The van der Waals surface area contributed by atoms with E-state index in [4.69, 9.17) is 0 Å². The number of hydrogen-bond acceptors (Lipinski definition) is 2. The van der Waals surface area contributed by atoms with Crippen molar-refractivity contribution < 1.29 is 0 Å². The van der Waals surface area contributed by atoms with Gasteiger partial charge in [0.05, 0.1) is 0 Å². The lowest BCUT2D eigenvalue weighted by molar-refractivity contribution is 1.29. The molecule has 252 valence electrons. The molecule has 2 heteroatoms. The summed E-state index contributed by atoms with van der Waals surface area (Å²) in [5.41, 5.74) is 8.29. The van der Waals surface area contributed by atoms with E-state index in [9.17, 15) is 0 Å². The molecule has 0 aliphatic carbocycles. The SMILES string of the molecule is c1ccc2c(c1)ccc1ccc(N(c3ccc(-c4cccc5c4ccc4ccccc45)cc3)c3ccc(-c4cccc5sc6ccccc6c45)cc3)cc12. The fourth-order valence-corrected chi connectivity index (χ4v) is 9.60. The Morgan fingerprint density at radius 3 is 1.54 bits per heavy atom. The summed E-state index contributed by atoms with van der Waals surface area (Å²) < 4.78 is 2.65. The normalized spacial score (nSPS) is 11.7. The van der Waals surface area contributed by atoms with Crippen LogP contribution in [-0.2, 0) is 0 Å². The van der Waals surface area contributed by atoms with Crippen molar-refractivity contribution in [2.45, 2.75) is 0 Å². The van der Waals surface area contributed by atoms with Crippen LogP contribution in [-0.4, -0.2) is 0 Å². The minimum atomic E-state index is 1.11. The van der Waals surface area contributed by atoms with Crippen LogP contribution in [0.15, 0.2) is 200 Å². The quantitative estimate of drug-likeness (QED) is 0.161. The smallest absolute Gasteiger partial charge is 0.0468 e. The number of fused-ring (bicyclic) bond motifs is 9. The minimum absolute atomic E-state index is 1.11.